The zero-order valence-corrected chi connectivity index (χ0v) is 15.5. The smallest absolute Gasteiger partial charge is 0.408 e. The van der Waals surface area contributed by atoms with E-state index in [0.717, 1.165) is 15.8 Å². The number of hydrogen-bond acceptors (Lipinski definition) is 3. The van der Waals surface area contributed by atoms with Crippen LogP contribution < -0.4 is 5.32 Å². The zero-order valence-electron chi connectivity index (χ0n) is 13.9. The molecule has 2 aromatic rings. The van der Waals surface area contributed by atoms with Crippen molar-refractivity contribution in [3.63, 3.8) is 0 Å². The summed E-state index contributed by atoms with van der Waals surface area (Å²) in [4.78, 5) is 16.5. The Labute approximate surface area is 144 Å². The van der Waals surface area contributed by atoms with E-state index in [-0.39, 0.29) is 6.04 Å². The number of aromatic nitrogens is 2. The molecule has 1 unspecified atom stereocenters. The number of halogens is 1. The fourth-order valence-corrected chi connectivity index (χ4v) is 3.06. The van der Waals surface area contributed by atoms with Gasteiger partial charge in [0.05, 0.1) is 16.2 Å². The largest absolute Gasteiger partial charge is 0.444 e. The van der Waals surface area contributed by atoms with Crippen molar-refractivity contribution in [3.05, 3.63) is 34.2 Å². The summed E-state index contributed by atoms with van der Waals surface area (Å²) in [6, 6.07) is 1.93. The molecule has 1 saturated carbocycles. The number of nitrogens with one attached hydrogen (secondary N) is 1. The van der Waals surface area contributed by atoms with E-state index in [1.165, 1.54) is 18.4 Å². The van der Waals surface area contributed by atoms with E-state index in [1.54, 1.807) is 0 Å². The van der Waals surface area contributed by atoms with Gasteiger partial charge in [-0.15, -0.1) is 0 Å². The molecule has 2 aromatic heterocycles. The van der Waals surface area contributed by atoms with Crippen LogP contribution in [0.2, 0.25) is 0 Å². The maximum atomic E-state index is 11.9. The highest BCUT2D eigenvalue weighted by atomic mass is 79.9. The average molecular weight is 380 g/mol. The highest BCUT2D eigenvalue weighted by Crippen LogP contribution is 2.41. The Bertz CT molecular complexity index is 744. The summed E-state index contributed by atoms with van der Waals surface area (Å²) in [5.41, 5.74) is 2.50. The van der Waals surface area contributed by atoms with Gasteiger partial charge in [-0.2, -0.15) is 0 Å². The van der Waals surface area contributed by atoms with Crippen LogP contribution in [-0.2, 0) is 4.74 Å². The molecule has 23 heavy (non-hydrogen) atoms. The van der Waals surface area contributed by atoms with Crippen molar-refractivity contribution in [3.8, 4) is 0 Å². The predicted molar refractivity (Wildman–Crippen MR) is 92.7 cm³/mol. The lowest BCUT2D eigenvalue weighted by Gasteiger charge is -2.21. The number of rotatable bonds is 3. The number of ether oxygens (including phenoxy) is 1. The maximum absolute atomic E-state index is 11.9. The highest BCUT2D eigenvalue weighted by molar-refractivity contribution is 9.10. The Balaban J connectivity index is 1.79. The zero-order chi connectivity index (χ0) is 16.8. The number of alkyl carbamates (subject to hydrolysis) is 1. The highest BCUT2D eigenvalue weighted by Gasteiger charge is 2.25. The second kappa shape index (κ2) is 5.82. The van der Waals surface area contributed by atoms with Crippen LogP contribution in [0.5, 0.6) is 0 Å². The minimum absolute atomic E-state index is 0.221. The van der Waals surface area contributed by atoms with E-state index < -0.39 is 11.7 Å². The van der Waals surface area contributed by atoms with Crippen LogP contribution in [0.3, 0.4) is 0 Å². The van der Waals surface area contributed by atoms with Gasteiger partial charge in [0.2, 0.25) is 0 Å². The van der Waals surface area contributed by atoms with Gasteiger partial charge in [0.15, 0.2) is 5.65 Å². The van der Waals surface area contributed by atoms with Crippen molar-refractivity contribution in [2.45, 2.75) is 58.1 Å². The number of carbonyl (C=O) groups excluding carboxylic acids is 1. The van der Waals surface area contributed by atoms with Gasteiger partial charge in [-0.1, -0.05) is 0 Å². The van der Waals surface area contributed by atoms with Crippen LogP contribution in [0.15, 0.2) is 22.9 Å². The van der Waals surface area contributed by atoms with Gasteiger partial charge in [-0.3, -0.25) is 0 Å². The molecular weight excluding hydrogens is 358 g/mol. The van der Waals surface area contributed by atoms with Gasteiger partial charge in [0.25, 0.3) is 0 Å². The molecule has 0 bridgehead atoms. The third-order valence-corrected chi connectivity index (χ3v) is 4.36. The fraction of sp³-hybridized carbons (Fsp3) is 0.529. The van der Waals surface area contributed by atoms with E-state index in [2.05, 4.69) is 38.5 Å². The SMILES string of the molecule is CC(NC(=O)OC(C)(C)C)c1cn2cc(C3CC3)cc(Br)c2n1. The Kier molecular flexibility index (Phi) is 4.12. The summed E-state index contributed by atoms with van der Waals surface area (Å²) in [6.45, 7) is 7.44. The molecule has 0 aliphatic heterocycles. The first-order chi connectivity index (χ1) is 10.7. The first-order valence-electron chi connectivity index (χ1n) is 7.90. The number of amides is 1. The van der Waals surface area contributed by atoms with E-state index in [4.69, 9.17) is 4.74 Å². The number of imidazole rings is 1. The second-order valence-corrected chi connectivity index (χ2v) is 8.01. The molecule has 1 amide bonds. The molecule has 1 aliphatic carbocycles. The van der Waals surface area contributed by atoms with Crippen molar-refractivity contribution < 1.29 is 9.53 Å². The molecule has 1 N–H and O–H groups in total. The second-order valence-electron chi connectivity index (χ2n) is 7.16. The van der Waals surface area contributed by atoms with Gasteiger partial charge in [0, 0.05) is 12.4 Å². The number of pyridine rings is 1. The minimum Gasteiger partial charge on any atom is -0.444 e. The molecule has 2 heterocycles. The summed E-state index contributed by atoms with van der Waals surface area (Å²) in [5, 5.41) is 2.83. The summed E-state index contributed by atoms with van der Waals surface area (Å²) in [5.74, 6) is 0.680. The Morgan fingerprint density at radius 3 is 2.74 bits per heavy atom. The van der Waals surface area contributed by atoms with E-state index >= 15 is 0 Å². The number of hydrogen-bond donors (Lipinski definition) is 1. The lowest BCUT2D eigenvalue weighted by atomic mass is 10.2. The van der Waals surface area contributed by atoms with Crippen LogP contribution in [0.25, 0.3) is 5.65 Å². The molecule has 1 atom stereocenters. The molecule has 0 spiro atoms. The number of carbonyl (C=O) groups is 1. The van der Waals surface area contributed by atoms with Gasteiger partial charge in [-0.05, 0) is 74.0 Å². The molecule has 0 saturated heterocycles. The third-order valence-electron chi connectivity index (χ3n) is 3.77. The van der Waals surface area contributed by atoms with Gasteiger partial charge in [0.1, 0.15) is 5.60 Å². The predicted octanol–water partition coefficient (Wildman–Crippen LogP) is 4.56. The van der Waals surface area contributed by atoms with Crippen LogP contribution >= 0.6 is 15.9 Å². The van der Waals surface area contributed by atoms with Crippen LogP contribution in [-0.4, -0.2) is 21.1 Å². The van der Waals surface area contributed by atoms with Crippen LogP contribution in [0.1, 0.15) is 63.8 Å². The van der Waals surface area contributed by atoms with E-state index in [9.17, 15) is 4.79 Å². The molecule has 0 aromatic carbocycles. The Morgan fingerprint density at radius 2 is 2.13 bits per heavy atom. The molecular formula is C17H22BrN3O2. The van der Waals surface area contributed by atoms with Crippen molar-refractivity contribution >= 4 is 27.7 Å². The normalized spacial score (nSPS) is 16.4. The van der Waals surface area contributed by atoms with Crippen molar-refractivity contribution in [2.24, 2.45) is 0 Å². The van der Waals surface area contributed by atoms with Gasteiger partial charge < -0.3 is 14.5 Å². The summed E-state index contributed by atoms with van der Waals surface area (Å²) < 4.78 is 8.30. The van der Waals surface area contributed by atoms with E-state index in [0.29, 0.717) is 5.92 Å². The van der Waals surface area contributed by atoms with Crippen LogP contribution in [0.4, 0.5) is 4.79 Å². The fourth-order valence-electron chi connectivity index (χ4n) is 2.50. The average Bonchev–Trinajstić information content (AvgIpc) is 3.15. The lowest BCUT2D eigenvalue weighted by Crippen LogP contribution is -2.34. The molecule has 5 nitrogen and oxygen atoms in total. The third kappa shape index (κ3) is 3.86. The molecule has 1 aliphatic rings. The Hall–Kier alpha value is -1.56. The summed E-state index contributed by atoms with van der Waals surface area (Å²) in [7, 11) is 0. The Morgan fingerprint density at radius 1 is 1.43 bits per heavy atom. The summed E-state index contributed by atoms with van der Waals surface area (Å²) >= 11 is 3.60. The first-order valence-corrected chi connectivity index (χ1v) is 8.70. The quantitative estimate of drug-likeness (QED) is 0.849. The molecule has 1 fully saturated rings. The van der Waals surface area contributed by atoms with Crippen molar-refractivity contribution in [1.29, 1.82) is 0 Å². The molecule has 6 heteroatoms. The van der Waals surface area contributed by atoms with E-state index in [1.807, 2.05) is 38.3 Å². The monoisotopic (exact) mass is 379 g/mol. The summed E-state index contributed by atoms with van der Waals surface area (Å²) in [6.07, 6.45) is 6.19. The van der Waals surface area contributed by atoms with Gasteiger partial charge in [-0.25, -0.2) is 9.78 Å². The van der Waals surface area contributed by atoms with Gasteiger partial charge >= 0.3 is 6.09 Å². The molecule has 124 valence electrons. The number of fused-ring (bicyclic) bond motifs is 1. The topological polar surface area (TPSA) is 55.6 Å². The van der Waals surface area contributed by atoms with Crippen molar-refractivity contribution in [1.82, 2.24) is 14.7 Å². The minimum atomic E-state index is -0.509. The lowest BCUT2D eigenvalue weighted by molar-refractivity contribution is 0.0507. The first kappa shape index (κ1) is 16.3. The van der Waals surface area contributed by atoms with Crippen LogP contribution in [0, 0.1) is 0 Å². The maximum Gasteiger partial charge on any atom is 0.408 e. The standard InChI is InChI=1S/C17H22BrN3O2/c1-10(19-16(22)23-17(2,3)4)14-9-21-8-12(11-5-6-11)7-13(18)15(21)20-14/h7-11H,5-6H2,1-4H3,(H,19,22). The van der Waals surface area contributed by atoms with Crippen molar-refractivity contribution in [2.75, 3.05) is 0 Å². The number of nitrogens with zero attached hydrogens (tertiary/aromatic N) is 2. The molecule has 3 rings (SSSR count). The molecule has 0 radical (unpaired) electrons.